The van der Waals surface area contributed by atoms with Crippen molar-refractivity contribution in [3.63, 3.8) is 0 Å². The lowest BCUT2D eigenvalue weighted by molar-refractivity contribution is -0.126. The first-order valence-electron chi connectivity index (χ1n) is 13.3. The van der Waals surface area contributed by atoms with E-state index in [1.807, 2.05) is 43.3 Å². The summed E-state index contributed by atoms with van der Waals surface area (Å²) < 4.78 is 28.9. The summed E-state index contributed by atoms with van der Waals surface area (Å²) in [5.41, 5.74) is 3.30. The van der Waals surface area contributed by atoms with E-state index in [1.165, 1.54) is 5.56 Å². The van der Waals surface area contributed by atoms with Crippen molar-refractivity contribution in [1.29, 1.82) is 0 Å². The number of carbonyl (C=O) groups is 1. The Morgan fingerprint density at radius 1 is 0.892 bits per heavy atom. The number of rotatable bonds is 10. The highest BCUT2D eigenvalue weighted by atomic mass is 32.2. The van der Waals surface area contributed by atoms with E-state index in [9.17, 15) is 13.2 Å². The Hall–Kier alpha value is -2.96. The second kappa shape index (κ2) is 12.5. The molecule has 0 saturated heterocycles. The summed E-state index contributed by atoms with van der Waals surface area (Å²) in [6.45, 7) is 5.04. The molecule has 5 nitrogen and oxygen atoms in total. The molecule has 0 aromatic heterocycles. The molecular weight excluding hydrogens is 480 g/mol. The summed E-state index contributed by atoms with van der Waals surface area (Å²) >= 11 is 0. The second-order valence-electron chi connectivity index (χ2n) is 10.2. The van der Waals surface area contributed by atoms with E-state index in [0.717, 1.165) is 43.2 Å². The Morgan fingerprint density at radius 2 is 1.49 bits per heavy atom. The normalized spacial score (nSPS) is 18.9. The number of sulfonamides is 1. The number of aryl methyl sites for hydroxylation is 1. The van der Waals surface area contributed by atoms with Crippen LogP contribution in [0.15, 0.2) is 89.8 Å². The van der Waals surface area contributed by atoms with Crippen LogP contribution in [0.1, 0.15) is 61.8 Å². The summed E-state index contributed by atoms with van der Waals surface area (Å²) in [6, 6.07) is 26.5. The number of nitrogens with one attached hydrogen (secondary N) is 1. The molecule has 1 saturated carbocycles. The van der Waals surface area contributed by atoms with Crippen LogP contribution >= 0.6 is 0 Å². The first-order valence-corrected chi connectivity index (χ1v) is 14.7. The van der Waals surface area contributed by atoms with E-state index in [0.29, 0.717) is 23.9 Å². The van der Waals surface area contributed by atoms with Crippen LogP contribution in [0.25, 0.3) is 0 Å². The van der Waals surface area contributed by atoms with E-state index in [4.69, 9.17) is 0 Å². The number of hydrogen-bond acceptors (Lipinski definition) is 3. The second-order valence-corrected chi connectivity index (χ2v) is 12.1. The molecule has 1 aliphatic carbocycles. The van der Waals surface area contributed by atoms with Crippen LogP contribution < -0.4 is 5.32 Å². The van der Waals surface area contributed by atoms with E-state index >= 15 is 0 Å². The molecule has 0 spiro atoms. The molecule has 1 atom stereocenters. The minimum Gasteiger partial charge on any atom is -0.352 e. The van der Waals surface area contributed by atoms with Gasteiger partial charge in [0.1, 0.15) is 0 Å². The summed E-state index contributed by atoms with van der Waals surface area (Å²) in [7, 11) is -3.64. The summed E-state index contributed by atoms with van der Waals surface area (Å²) in [5, 5.41) is 3.10. The topological polar surface area (TPSA) is 66.5 Å². The van der Waals surface area contributed by atoms with Crippen molar-refractivity contribution < 1.29 is 13.2 Å². The number of carbonyl (C=O) groups excluding carboxylic acids is 1. The van der Waals surface area contributed by atoms with Gasteiger partial charge in [-0.15, -0.1) is 0 Å². The molecule has 1 amide bonds. The molecule has 4 rings (SSSR count). The highest BCUT2D eigenvalue weighted by Crippen LogP contribution is 2.34. The van der Waals surface area contributed by atoms with Gasteiger partial charge in [-0.05, 0) is 75.1 Å². The van der Waals surface area contributed by atoms with Crippen LogP contribution in [-0.2, 0) is 21.4 Å². The van der Waals surface area contributed by atoms with Gasteiger partial charge in [-0.3, -0.25) is 4.79 Å². The molecule has 0 radical (unpaired) electrons. The maximum Gasteiger partial charge on any atom is 0.243 e. The molecule has 0 unspecified atom stereocenters. The molecule has 0 aliphatic heterocycles. The lowest BCUT2D eigenvalue weighted by Gasteiger charge is -2.32. The van der Waals surface area contributed by atoms with Gasteiger partial charge in [0.15, 0.2) is 0 Å². The van der Waals surface area contributed by atoms with E-state index in [1.54, 1.807) is 28.6 Å². The zero-order valence-electron chi connectivity index (χ0n) is 21.8. The molecule has 0 heterocycles. The molecule has 3 aromatic rings. The van der Waals surface area contributed by atoms with Gasteiger partial charge in [0.05, 0.1) is 4.90 Å². The van der Waals surface area contributed by atoms with Crippen molar-refractivity contribution in [3.8, 4) is 0 Å². The van der Waals surface area contributed by atoms with Crippen LogP contribution in [0.3, 0.4) is 0 Å². The average molecular weight is 519 g/mol. The fourth-order valence-electron chi connectivity index (χ4n) is 5.21. The molecule has 1 fully saturated rings. The smallest absolute Gasteiger partial charge is 0.243 e. The van der Waals surface area contributed by atoms with Gasteiger partial charge < -0.3 is 5.32 Å². The van der Waals surface area contributed by atoms with E-state index in [-0.39, 0.29) is 17.9 Å². The molecule has 37 heavy (non-hydrogen) atoms. The summed E-state index contributed by atoms with van der Waals surface area (Å²) in [5.74, 6) is 0.580. The predicted octanol–water partition coefficient (Wildman–Crippen LogP) is 6.26. The SMILES string of the molecule is Cc1ccc(CNC(=O)C2CCC(CCN([C@@H](C)c3ccccc3)S(=O)(=O)c3ccccc3)CC2)cc1. The number of amides is 1. The Morgan fingerprint density at radius 3 is 2.11 bits per heavy atom. The van der Waals surface area contributed by atoms with Gasteiger partial charge in [-0.1, -0.05) is 78.4 Å². The highest BCUT2D eigenvalue weighted by Gasteiger charge is 2.32. The number of hydrogen-bond donors (Lipinski definition) is 1. The molecule has 0 bridgehead atoms. The molecule has 6 heteroatoms. The first-order chi connectivity index (χ1) is 17.8. The van der Waals surface area contributed by atoms with E-state index < -0.39 is 10.0 Å². The van der Waals surface area contributed by atoms with E-state index in [2.05, 4.69) is 36.5 Å². The molecule has 3 aromatic carbocycles. The lowest BCUT2D eigenvalue weighted by atomic mass is 9.80. The lowest BCUT2D eigenvalue weighted by Crippen LogP contribution is -2.36. The van der Waals surface area contributed by atoms with Crippen molar-refractivity contribution in [2.24, 2.45) is 11.8 Å². The van der Waals surface area contributed by atoms with Crippen LogP contribution in [0.4, 0.5) is 0 Å². The van der Waals surface area contributed by atoms with Gasteiger partial charge in [-0.2, -0.15) is 4.31 Å². The van der Waals surface area contributed by atoms with Crippen molar-refractivity contribution >= 4 is 15.9 Å². The standard InChI is InChI=1S/C31H38N2O3S/c1-24-13-15-27(16-14-24)23-32-31(34)29-19-17-26(18-20-29)21-22-33(25(2)28-9-5-3-6-10-28)37(35,36)30-11-7-4-8-12-30/h3-16,25-26,29H,17-23H2,1-2H3,(H,32,34)/t25-,26?,29?/m0/s1. The fraction of sp³-hybridized carbons (Fsp3) is 0.387. The van der Waals surface area contributed by atoms with Crippen molar-refractivity contribution in [3.05, 3.63) is 102 Å². The van der Waals surface area contributed by atoms with Gasteiger partial charge in [0.25, 0.3) is 0 Å². The molecule has 196 valence electrons. The van der Waals surface area contributed by atoms with Crippen LogP contribution in [0.2, 0.25) is 0 Å². The number of benzene rings is 3. The Bertz CT molecular complexity index is 1240. The third-order valence-electron chi connectivity index (χ3n) is 7.63. The highest BCUT2D eigenvalue weighted by molar-refractivity contribution is 7.89. The third kappa shape index (κ3) is 7.08. The first kappa shape index (κ1) is 27.1. The fourth-order valence-corrected chi connectivity index (χ4v) is 6.87. The minimum atomic E-state index is -3.64. The Labute approximate surface area is 222 Å². The molecule has 1 aliphatic rings. The Balaban J connectivity index is 1.35. The third-order valence-corrected chi connectivity index (χ3v) is 9.61. The number of nitrogens with zero attached hydrogens (tertiary/aromatic N) is 1. The predicted molar refractivity (Wildman–Crippen MR) is 148 cm³/mol. The monoisotopic (exact) mass is 518 g/mol. The van der Waals surface area contributed by atoms with Gasteiger partial charge in [0, 0.05) is 25.0 Å². The zero-order valence-corrected chi connectivity index (χ0v) is 22.7. The largest absolute Gasteiger partial charge is 0.352 e. The van der Waals surface area contributed by atoms with Gasteiger partial charge in [0.2, 0.25) is 15.9 Å². The minimum absolute atomic E-state index is 0.0362. The maximum atomic E-state index is 13.6. The zero-order chi connectivity index (χ0) is 26.3. The van der Waals surface area contributed by atoms with Crippen molar-refractivity contribution in [2.45, 2.75) is 63.4 Å². The van der Waals surface area contributed by atoms with Crippen LogP contribution in [0.5, 0.6) is 0 Å². The van der Waals surface area contributed by atoms with Crippen molar-refractivity contribution in [1.82, 2.24) is 9.62 Å². The maximum absolute atomic E-state index is 13.6. The van der Waals surface area contributed by atoms with Crippen LogP contribution in [0, 0.1) is 18.8 Å². The molecule has 1 N–H and O–H groups in total. The average Bonchev–Trinajstić information content (AvgIpc) is 2.93. The molecular formula is C31H38N2O3S. The Kier molecular flexibility index (Phi) is 9.17. The summed E-state index contributed by atoms with van der Waals surface area (Å²) in [4.78, 5) is 13.1. The summed E-state index contributed by atoms with van der Waals surface area (Å²) in [6.07, 6.45) is 4.39. The van der Waals surface area contributed by atoms with Gasteiger partial charge in [-0.25, -0.2) is 8.42 Å². The quantitative estimate of drug-likeness (QED) is 0.344. The van der Waals surface area contributed by atoms with Gasteiger partial charge >= 0.3 is 0 Å². The van der Waals surface area contributed by atoms with Crippen molar-refractivity contribution in [2.75, 3.05) is 6.54 Å². The van der Waals surface area contributed by atoms with Crippen LogP contribution in [-0.4, -0.2) is 25.2 Å².